The third kappa shape index (κ3) is 5.04. The number of methoxy groups -OCH3 is 1. The zero-order chi connectivity index (χ0) is 23.4. The average Bonchev–Trinajstić information content (AvgIpc) is 3.25. The van der Waals surface area contributed by atoms with Crippen LogP contribution in [0.3, 0.4) is 0 Å². The second-order valence-electron chi connectivity index (χ2n) is 7.97. The summed E-state index contributed by atoms with van der Waals surface area (Å²) in [7, 11) is 1.54. The minimum Gasteiger partial charge on any atom is -0.470 e. The number of likely N-dealkylation sites (tertiary alicyclic amines) is 1. The predicted molar refractivity (Wildman–Crippen MR) is 118 cm³/mol. The Morgan fingerprint density at radius 2 is 2.24 bits per heavy atom. The lowest BCUT2D eigenvalue weighted by atomic mass is 10.1. The number of anilines is 1. The van der Waals surface area contributed by atoms with Crippen LogP contribution in [0.5, 0.6) is 5.88 Å². The molecule has 4 rings (SSSR count). The molecule has 0 unspecified atom stereocenters. The lowest BCUT2D eigenvalue weighted by Gasteiger charge is -2.33. The second-order valence-corrected chi connectivity index (χ2v) is 7.97. The van der Waals surface area contributed by atoms with E-state index in [1.54, 1.807) is 28.7 Å². The van der Waals surface area contributed by atoms with Crippen LogP contribution in [-0.2, 0) is 9.53 Å². The fraction of sp³-hybridized carbons (Fsp3) is 0.455. The molecule has 1 aliphatic rings. The van der Waals surface area contributed by atoms with Crippen LogP contribution in [0.25, 0.3) is 16.9 Å². The first kappa shape index (κ1) is 22.9. The Bertz CT molecular complexity index is 1120. The van der Waals surface area contributed by atoms with E-state index in [1.165, 1.54) is 7.11 Å². The van der Waals surface area contributed by atoms with E-state index in [1.807, 2.05) is 18.2 Å². The van der Waals surface area contributed by atoms with Gasteiger partial charge >= 0.3 is 0 Å². The monoisotopic (exact) mass is 458 g/mol. The van der Waals surface area contributed by atoms with Crippen LogP contribution in [0.4, 0.5) is 10.2 Å². The molecular formula is C22H27FN6O4. The van der Waals surface area contributed by atoms with Gasteiger partial charge in [0.25, 0.3) is 5.88 Å². The number of ether oxygens (including phenoxy) is 2. The first-order valence-corrected chi connectivity index (χ1v) is 10.8. The number of nitrogens with one attached hydrogen (secondary N) is 1. The molecule has 0 radical (unpaired) electrons. The van der Waals surface area contributed by atoms with Crippen molar-refractivity contribution < 1.29 is 23.8 Å². The Labute approximate surface area is 190 Å². The maximum atomic E-state index is 15.4. The highest BCUT2D eigenvalue weighted by molar-refractivity contribution is 5.77. The van der Waals surface area contributed by atoms with Gasteiger partial charge in [0.2, 0.25) is 11.7 Å². The minimum absolute atomic E-state index is 0.0156. The van der Waals surface area contributed by atoms with Crippen molar-refractivity contribution in [3.8, 4) is 17.3 Å². The summed E-state index contributed by atoms with van der Waals surface area (Å²) >= 11 is 0. The van der Waals surface area contributed by atoms with Crippen molar-refractivity contribution in [2.45, 2.75) is 31.9 Å². The third-order valence-electron chi connectivity index (χ3n) is 5.45. The van der Waals surface area contributed by atoms with Gasteiger partial charge < -0.3 is 24.8 Å². The van der Waals surface area contributed by atoms with Gasteiger partial charge in [-0.05, 0) is 31.9 Å². The summed E-state index contributed by atoms with van der Waals surface area (Å²) in [6, 6.07) is 5.36. The molecule has 0 aromatic carbocycles. The molecule has 0 aliphatic carbocycles. The van der Waals surface area contributed by atoms with Crippen LogP contribution in [0.1, 0.15) is 19.8 Å². The number of piperidine rings is 1. The quantitative estimate of drug-likeness (QED) is 0.525. The molecule has 0 saturated carbocycles. The van der Waals surface area contributed by atoms with Gasteiger partial charge in [-0.15, -0.1) is 0 Å². The van der Waals surface area contributed by atoms with Gasteiger partial charge in [-0.3, -0.25) is 4.79 Å². The smallest absolute Gasteiger partial charge is 0.256 e. The second kappa shape index (κ2) is 10.1. The number of fused-ring (bicyclic) bond motifs is 1. The van der Waals surface area contributed by atoms with E-state index in [0.29, 0.717) is 18.7 Å². The first-order chi connectivity index (χ1) is 16.0. The summed E-state index contributed by atoms with van der Waals surface area (Å²) < 4.78 is 27.9. The summed E-state index contributed by atoms with van der Waals surface area (Å²) in [5.74, 6) is -1.02. The lowest BCUT2D eigenvalue weighted by molar-refractivity contribution is -0.135. The topological polar surface area (TPSA) is 114 Å². The number of pyridine rings is 1. The maximum absolute atomic E-state index is 15.4. The molecule has 3 aromatic rings. The highest BCUT2D eigenvalue weighted by atomic mass is 19.1. The Hall–Kier alpha value is -3.31. The van der Waals surface area contributed by atoms with E-state index in [9.17, 15) is 9.90 Å². The van der Waals surface area contributed by atoms with Gasteiger partial charge in [0, 0.05) is 32.4 Å². The number of hydrogen-bond donors (Lipinski definition) is 2. The molecule has 0 spiro atoms. The van der Waals surface area contributed by atoms with E-state index >= 15 is 4.39 Å². The lowest BCUT2D eigenvalue weighted by Crippen LogP contribution is -2.46. The van der Waals surface area contributed by atoms with E-state index < -0.39 is 18.5 Å². The molecule has 1 fully saturated rings. The summed E-state index contributed by atoms with van der Waals surface area (Å²) in [6.45, 7) is 2.36. The molecule has 1 amide bonds. The van der Waals surface area contributed by atoms with Crippen molar-refractivity contribution in [2.75, 3.05) is 38.7 Å². The Morgan fingerprint density at radius 1 is 1.39 bits per heavy atom. The average molecular weight is 458 g/mol. The number of aliphatic hydroxyl groups is 1. The molecular weight excluding hydrogens is 431 g/mol. The molecule has 33 heavy (non-hydrogen) atoms. The van der Waals surface area contributed by atoms with Crippen LogP contribution in [0.15, 0.2) is 30.6 Å². The van der Waals surface area contributed by atoms with E-state index in [-0.39, 0.29) is 36.1 Å². The van der Waals surface area contributed by atoms with Crippen LogP contribution >= 0.6 is 0 Å². The van der Waals surface area contributed by atoms with Gasteiger partial charge in [0.1, 0.15) is 12.7 Å². The molecule has 10 nitrogen and oxygen atoms in total. The number of aliphatic hydroxyl groups excluding tert-OH is 1. The number of hydrogen-bond acceptors (Lipinski definition) is 8. The van der Waals surface area contributed by atoms with Crippen molar-refractivity contribution in [2.24, 2.45) is 0 Å². The summed E-state index contributed by atoms with van der Waals surface area (Å²) in [4.78, 5) is 22.3. The van der Waals surface area contributed by atoms with Crippen molar-refractivity contribution in [3.05, 3.63) is 36.4 Å². The normalized spacial score (nSPS) is 17.2. The van der Waals surface area contributed by atoms with Gasteiger partial charge in [-0.25, -0.2) is 9.50 Å². The van der Waals surface area contributed by atoms with Crippen LogP contribution in [-0.4, -0.2) is 81.1 Å². The number of rotatable bonds is 8. The number of carbonyl (C=O) groups excluding carboxylic acids is 1. The highest BCUT2D eigenvalue weighted by Crippen LogP contribution is 2.30. The van der Waals surface area contributed by atoms with Crippen LogP contribution in [0.2, 0.25) is 0 Å². The fourth-order valence-corrected chi connectivity index (χ4v) is 3.90. The molecule has 2 N–H and O–H groups in total. The van der Waals surface area contributed by atoms with Crippen molar-refractivity contribution in [3.63, 3.8) is 0 Å². The standard InChI is InChI=1S/C22H27FN6O4/c1-14(13-32-2)33-22-19(23)21(25-15-6-5-8-28(11-15)18(31)12-30)26-20(27-22)16-10-24-29-9-4-3-7-17(16)29/h3-4,7,9-10,14-15,30H,5-6,8,11-13H2,1-2H3,(H,25,26,27)/t14-,15-/m1/s1. The van der Waals surface area contributed by atoms with Gasteiger partial charge in [0.05, 0.1) is 23.9 Å². The molecule has 11 heteroatoms. The largest absolute Gasteiger partial charge is 0.470 e. The first-order valence-electron chi connectivity index (χ1n) is 10.8. The molecule has 1 aliphatic heterocycles. The summed E-state index contributed by atoms with van der Waals surface area (Å²) in [5.41, 5.74) is 1.40. The Balaban J connectivity index is 1.69. The van der Waals surface area contributed by atoms with Crippen molar-refractivity contribution >= 4 is 17.2 Å². The molecule has 176 valence electrons. The van der Waals surface area contributed by atoms with Crippen molar-refractivity contribution in [1.82, 2.24) is 24.5 Å². The van der Waals surface area contributed by atoms with Gasteiger partial charge in [0.15, 0.2) is 11.6 Å². The number of nitrogens with zero attached hydrogens (tertiary/aromatic N) is 5. The van der Waals surface area contributed by atoms with Crippen LogP contribution < -0.4 is 10.1 Å². The van der Waals surface area contributed by atoms with Gasteiger partial charge in [-0.1, -0.05) is 6.07 Å². The maximum Gasteiger partial charge on any atom is 0.256 e. The number of halogens is 1. The van der Waals surface area contributed by atoms with E-state index in [2.05, 4.69) is 20.4 Å². The molecule has 1 saturated heterocycles. The number of aromatic nitrogens is 4. The number of carbonyl (C=O) groups is 1. The molecule has 2 atom stereocenters. The highest BCUT2D eigenvalue weighted by Gasteiger charge is 2.26. The predicted octanol–water partition coefficient (Wildman–Crippen LogP) is 1.74. The SMILES string of the molecule is COC[C@@H](C)Oc1nc(-c2cnn3ccccc23)nc(N[C@@H]2CCCN(C(=O)CO)C2)c1F. The minimum atomic E-state index is -0.719. The van der Waals surface area contributed by atoms with E-state index in [0.717, 1.165) is 18.4 Å². The zero-order valence-electron chi connectivity index (χ0n) is 18.6. The number of amides is 1. The fourth-order valence-electron chi connectivity index (χ4n) is 3.90. The van der Waals surface area contributed by atoms with Crippen LogP contribution in [0, 0.1) is 5.82 Å². The third-order valence-corrected chi connectivity index (χ3v) is 5.45. The van der Waals surface area contributed by atoms with Gasteiger partial charge in [-0.2, -0.15) is 14.5 Å². The molecule has 0 bridgehead atoms. The molecule has 3 aromatic heterocycles. The molecule has 4 heterocycles. The van der Waals surface area contributed by atoms with Crippen molar-refractivity contribution in [1.29, 1.82) is 0 Å². The zero-order valence-corrected chi connectivity index (χ0v) is 18.6. The Kier molecular flexibility index (Phi) is 6.99. The Morgan fingerprint density at radius 3 is 3.03 bits per heavy atom. The summed E-state index contributed by atoms with van der Waals surface area (Å²) in [5, 5.41) is 16.6. The van der Waals surface area contributed by atoms with E-state index in [4.69, 9.17) is 9.47 Å². The summed E-state index contributed by atoms with van der Waals surface area (Å²) in [6.07, 6.45) is 4.44.